The summed E-state index contributed by atoms with van der Waals surface area (Å²) in [6, 6.07) is 9.05. The number of nitrogens with one attached hydrogen (secondary N) is 3. The van der Waals surface area contributed by atoms with E-state index >= 15 is 0 Å². The number of carbonyl (C=O) groups excluding carboxylic acids is 1. The number of hydrogen-bond donors (Lipinski definition) is 3. The van der Waals surface area contributed by atoms with Crippen LogP contribution in [0, 0.1) is 0 Å². The molecule has 1 aromatic heterocycles. The van der Waals surface area contributed by atoms with Gasteiger partial charge in [0.15, 0.2) is 11.5 Å². The number of fused-ring (bicyclic) bond motifs is 1. The summed E-state index contributed by atoms with van der Waals surface area (Å²) in [5.41, 5.74) is 7.26. The van der Waals surface area contributed by atoms with Crippen molar-refractivity contribution in [2.75, 3.05) is 13.4 Å². The largest absolute Gasteiger partial charge is 0.492 e. The summed E-state index contributed by atoms with van der Waals surface area (Å²) >= 11 is 0. The Hall–Kier alpha value is -2.84. The highest BCUT2D eigenvalue weighted by molar-refractivity contribution is 5.82. The van der Waals surface area contributed by atoms with Gasteiger partial charge in [-0.2, -0.15) is 0 Å². The molecule has 2 aliphatic rings. The predicted octanol–water partition coefficient (Wildman–Crippen LogP) is 1.69. The van der Waals surface area contributed by atoms with E-state index in [4.69, 9.17) is 14.2 Å². The number of benzene rings is 1. The minimum Gasteiger partial charge on any atom is -0.492 e. The van der Waals surface area contributed by atoms with Crippen molar-refractivity contribution in [3.8, 4) is 17.2 Å². The average Bonchev–Trinajstić information content (AvgIpc) is 3.40. The van der Waals surface area contributed by atoms with E-state index in [-0.39, 0.29) is 30.8 Å². The third kappa shape index (κ3) is 4.18. The quantitative estimate of drug-likeness (QED) is 0.669. The second kappa shape index (κ2) is 8.45. The van der Waals surface area contributed by atoms with Crippen LogP contribution in [0.15, 0.2) is 42.7 Å². The van der Waals surface area contributed by atoms with Crippen LogP contribution in [0.5, 0.6) is 17.2 Å². The molecule has 148 valence electrons. The maximum atomic E-state index is 12.6. The van der Waals surface area contributed by atoms with Gasteiger partial charge in [0.05, 0.1) is 12.1 Å². The maximum absolute atomic E-state index is 12.6. The highest BCUT2D eigenvalue weighted by Gasteiger charge is 2.30. The number of aromatic nitrogens is 1. The van der Waals surface area contributed by atoms with Crippen molar-refractivity contribution < 1.29 is 19.0 Å². The summed E-state index contributed by atoms with van der Waals surface area (Å²) < 4.78 is 16.5. The first kappa shape index (κ1) is 18.5. The number of hydrogen-bond acceptors (Lipinski definition) is 7. The Morgan fingerprint density at radius 2 is 2.07 bits per heavy atom. The molecule has 3 unspecified atom stereocenters. The molecule has 1 amide bonds. The Morgan fingerprint density at radius 3 is 2.89 bits per heavy atom. The smallest absolute Gasteiger partial charge is 0.239 e. The van der Waals surface area contributed by atoms with Gasteiger partial charge in [-0.25, -0.2) is 5.43 Å². The number of rotatable bonds is 7. The fourth-order valence-electron chi connectivity index (χ4n) is 3.36. The number of amides is 1. The summed E-state index contributed by atoms with van der Waals surface area (Å²) in [7, 11) is 0. The third-order valence-electron chi connectivity index (χ3n) is 4.93. The molecule has 3 atom stereocenters. The van der Waals surface area contributed by atoms with Crippen molar-refractivity contribution in [1.82, 2.24) is 21.2 Å². The summed E-state index contributed by atoms with van der Waals surface area (Å²) in [4.78, 5) is 16.7. The van der Waals surface area contributed by atoms with Gasteiger partial charge in [-0.15, -0.1) is 0 Å². The molecule has 1 aromatic carbocycles. The van der Waals surface area contributed by atoms with Crippen molar-refractivity contribution in [1.29, 1.82) is 0 Å². The van der Waals surface area contributed by atoms with E-state index in [0.717, 1.165) is 17.7 Å². The van der Waals surface area contributed by atoms with E-state index in [1.54, 1.807) is 12.4 Å². The van der Waals surface area contributed by atoms with Gasteiger partial charge < -0.3 is 19.5 Å². The van der Waals surface area contributed by atoms with Crippen molar-refractivity contribution >= 4 is 5.91 Å². The van der Waals surface area contributed by atoms with E-state index in [0.29, 0.717) is 24.5 Å². The summed E-state index contributed by atoms with van der Waals surface area (Å²) in [6.45, 7) is 2.73. The molecular formula is C20H24N4O4. The van der Waals surface area contributed by atoms with Crippen LogP contribution in [0.1, 0.15) is 31.4 Å². The van der Waals surface area contributed by atoms with E-state index < -0.39 is 0 Å². The standard InChI is InChI=1S/C20H24N4O4/c1-2-16(13-5-7-21-8-6-13)22-20(25)17-9-14(23-24-17)11-26-15-3-4-18-19(10-15)28-12-27-18/h3-8,10,14,16-17,23-24H,2,9,11-12H2,1H3,(H,22,25). The van der Waals surface area contributed by atoms with Crippen molar-refractivity contribution in [3.05, 3.63) is 48.3 Å². The molecule has 2 aliphatic heterocycles. The zero-order chi connectivity index (χ0) is 19.3. The second-order valence-corrected chi connectivity index (χ2v) is 6.85. The number of pyridine rings is 1. The Kier molecular flexibility index (Phi) is 5.59. The van der Waals surface area contributed by atoms with Gasteiger partial charge in [0.2, 0.25) is 12.7 Å². The van der Waals surface area contributed by atoms with E-state index in [1.807, 2.05) is 37.3 Å². The number of hydrazine groups is 1. The molecule has 4 rings (SSSR count). The zero-order valence-electron chi connectivity index (χ0n) is 15.7. The third-order valence-corrected chi connectivity index (χ3v) is 4.93. The predicted molar refractivity (Wildman–Crippen MR) is 102 cm³/mol. The zero-order valence-corrected chi connectivity index (χ0v) is 15.7. The SMILES string of the molecule is CCC(NC(=O)C1CC(COc2ccc3c(c2)OCO3)NN1)c1ccncc1. The molecule has 0 saturated carbocycles. The molecule has 0 aliphatic carbocycles. The Balaban J connectivity index is 1.27. The first-order valence-electron chi connectivity index (χ1n) is 9.46. The molecule has 28 heavy (non-hydrogen) atoms. The van der Waals surface area contributed by atoms with Gasteiger partial charge in [-0.3, -0.25) is 15.2 Å². The lowest BCUT2D eigenvalue weighted by Crippen LogP contribution is -2.44. The van der Waals surface area contributed by atoms with Crippen LogP contribution in [0.2, 0.25) is 0 Å². The Bertz CT molecular complexity index is 817. The second-order valence-electron chi connectivity index (χ2n) is 6.85. The highest BCUT2D eigenvalue weighted by atomic mass is 16.7. The lowest BCUT2D eigenvalue weighted by molar-refractivity contribution is -0.123. The van der Waals surface area contributed by atoms with Crippen LogP contribution in [0.4, 0.5) is 0 Å². The molecule has 3 heterocycles. The van der Waals surface area contributed by atoms with E-state index in [2.05, 4.69) is 21.2 Å². The van der Waals surface area contributed by atoms with Crippen LogP contribution in [-0.4, -0.2) is 36.4 Å². The molecule has 3 N–H and O–H groups in total. The van der Waals surface area contributed by atoms with Gasteiger partial charge in [0.1, 0.15) is 18.4 Å². The molecule has 0 radical (unpaired) electrons. The van der Waals surface area contributed by atoms with Gasteiger partial charge in [0.25, 0.3) is 0 Å². The minimum atomic E-state index is -0.304. The summed E-state index contributed by atoms with van der Waals surface area (Å²) in [5, 5.41) is 3.11. The molecule has 1 saturated heterocycles. The minimum absolute atomic E-state index is 0.0262. The highest BCUT2D eigenvalue weighted by Crippen LogP contribution is 2.35. The van der Waals surface area contributed by atoms with Crippen LogP contribution in [0.3, 0.4) is 0 Å². The van der Waals surface area contributed by atoms with Crippen molar-refractivity contribution in [2.45, 2.75) is 37.9 Å². The van der Waals surface area contributed by atoms with Crippen LogP contribution in [-0.2, 0) is 4.79 Å². The van der Waals surface area contributed by atoms with Crippen LogP contribution < -0.4 is 30.4 Å². The lowest BCUT2D eigenvalue weighted by Gasteiger charge is -2.19. The first-order chi connectivity index (χ1) is 13.7. The number of carbonyl (C=O) groups is 1. The van der Waals surface area contributed by atoms with Crippen molar-refractivity contribution in [2.24, 2.45) is 0 Å². The first-order valence-corrected chi connectivity index (χ1v) is 9.46. The molecule has 0 bridgehead atoms. The van der Waals surface area contributed by atoms with Gasteiger partial charge in [-0.05, 0) is 42.7 Å². The fraction of sp³-hybridized carbons (Fsp3) is 0.400. The molecular weight excluding hydrogens is 360 g/mol. The van der Waals surface area contributed by atoms with E-state index in [9.17, 15) is 4.79 Å². The van der Waals surface area contributed by atoms with Gasteiger partial charge in [-0.1, -0.05) is 6.92 Å². The lowest BCUT2D eigenvalue weighted by atomic mass is 10.0. The molecule has 0 spiro atoms. The monoisotopic (exact) mass is 384 g/mol. The fourth-order valence-corrected chi connectivity index (χ4v) is 3.36. The molecule has 1 fully saturated rings. The van der Waals surface area contributed by atoms with Gasteiger partial charge >= 0.3 is 0 Å². The molecule has 8 nitrogen and oxygen atoms in total. The molecule has 8 heteroatoms. The molecule has 2 aromatic rings. The summed E-state index contributed by atoms with van der Waals surface area (Å²) in [6.07, 6.45) is 4.93. The Morgan fingerprint density at radius 1 is 1.25 bits per heavy atom. The number of ether oxygens (including phenoxy) is 3. The van der Waals surface area contributed by atoms with E-state index in [1.165, 1.54) is 0 Å². The van der Waals surface area contributed by atoms with Gasteiger partial charge in [0, 0.05) is 18.5 Å². The summed E-state index contributed by atoms with van der Waals surface area (Å²) in [5.74, 6) is 2.10. The van der Waals surface area contributed by atoms with Crippen LogP contribution >= 0.6 is 0 Å². The number of nitrogens with zero attached hydrogens (tertiary/aromatic N) is 1. The average molecular weight is 384 g/mol. The van der Waals surface area contributed by atoms with Crippen LogP contribution in [0.25, 0.3) is 0 Å². The topological polar surface area (TPSA) is 93.7 Å². The Labute approximate surface area is 163 Å². The maximum Gasteiger partial charge on any atom is 0.239 e. The van der Waals surface area contributed by atoms with Crippen molar-refractivity contribution in [3.63, 3.8) is 0 Å². The normalized spacial score (nSPS) is 21.3.